The Morgan fingerprint density at radius 2 is 2.00 bits per heavy atom. The van der Waals surface area contributed by atoms with E-state index >= 15 is 0 Å². The Kier molecular flexibility index (Phi) is 7.02. The molecule has 0 spiro atoms. The largest absolute Gasteiger partial charge is 0.483 e. The highest BCUT2D eigenvalue weighted by molar-refractivity contribution is 9.10. The number of hydrazone groups is 1. The van der Waals surface area contributed by atoms with Crippen LogP contribution in [0.3, 0.4) is 0 Å². The minimum atomic E-state index is -0.428. The number of carbonyl (C=O) groups is 1. The van der Waals surface area contributed by atoms with E-state index in [4.69, 9.17) is 44.0 Å². The van der Waals surface area contributed by atoms with Gasteiger partial charge in [0.2, 0.25) is 0 Å². The third-order valence-corrected chi connectivity index (χ3v) is 5.15. The van der Waals surface area contributed by atoms with Crippen molar-refractivity contribution in [1.82, 2.24) is 5.43 Å². The van der Waals surface area contributed by atoms with Gasteiger partial charge in [-0.1, -0.05) is 40.9 Å². The lowest BCUT2D eigenvalue weighted by molar-refractivity contribution is -0.123. The molecule has 3 aromatic rings. The third-order valence-electron chi connectivity index (χ3n) is 3.48. The maximum atomic E-state index is 11.8. The van der Waals surface area contributed by atoms with Crippen LogP contribution in [0.4, 0.5) is 0 Å². The van der Waals surface area contributed by atoms with Crippen LogP contribution >= 0.6 is 50.7 Å². The molecule has 2 aromatic carbocycles. The minimum Gasteiger partial charge on any atom is -0.483 e. The first kappa shape index (κ1) is 20.7. The number of benzene rings is 2. The molecule has 144 valence electrons. The van der Waals surface area contributed by atoms with Gasteiger partial charge in [0.05, 0.1) is 20.7 Å². The summed E-state index contributed by atoms with van der Waals surface area (Å²) >= 11 is 21.4. The van der Waals surface area contributed by atoms with Crippen LogP contribution in [-0.4, -0.2) is 18.7 Å². The van der Waals surface area contributed by atoms with Gasteiger partial charge in [-0.05, 0) is 58.4 Å². The van der Waals surface area contributed by atoms with Crippen LogP contribution in [0.1, 0.15) is 5.76 Å². The summed E-state index contributed by atoms with van der Waals surface area (Å²) in [4.78, 5) is 11.8. The molecule has 0 saturated carbocycles. The average Bonchev–Trinajstić information content (AvgIpc) is 3.12. The molecule has 9 heteroatoms. The molecule has 0 unspecified atom stereocenters. The quantitative estimate of drug-likeness (QED) is 0.323. The second-order valence-corrected chi connectivity index (χ2v) is 7.54. The van der Waals surface area contributed by atoms with Crippen molar-refractivity contribution >= 4 is 62.9 Å². The molecule has 0 fully saturated rings. The highest BCUT2D eigenvalue weighted by Gasteiger charge is 2.10. The number of carbonyl (C=O) groups excluding carboxylic acids is 1. The molecule has 1 amide bonds. The van der Waals surface area contributed by atoms with Crippen LogP contribution in [0.15, 0.2) is 62.5 Å². The van der Waals surface area contributed by atoms with Crippen molar-refractivity contribution in [2.75, 3.05) is 6.61 Å². The third kappa shape index (κ3) is 5.29. The van der Waals surface area contributed by atoms with Crippen LogP contribution in [0.5, 0.6) is 5.75 Å². The van der Waals surface area contributed by atoms with Crippen LogP contribution < -0.4 is 10.2 Å². The van der Waals surface area contributed by atoms with Gasteiger partial charge in [0, 0.05) is 10.6 Å². The van der Waals surface area contributed by atoms with Crippen molar-refractivity contribution in [1.29, 1.82) is 0 Å². The normalized spacial score (nSPS) is 11.0. The zero-order chi connectivity index (χ0) is 20.1. The van der Waals surface area contributed by atoms with E-state index < -0.39 is 5.91 Å². The lowest BCUT2D eigenvalue weighted by Gasteiger charge is -2.07. The molecular weight excluding hydrogens is 490 g/mol. The van der Waals surface area contributed by atoms with Crippen molar-refractivity contribution in [2.24, 2.45) is 5.10 Å². The summed E-state index contributed by atoms with van der Waals surface area (Å²) < 4.78 is 11.7. The molecule has 1 N–H and O–H groups in total. The molecule has 28 heavy (non-hydrogen) atoms. The molecule has 3 rings (SSSR count). The van der Waals surface area contributed by atoms with E-state index in [0.717, 1.165) is 0 Å². The van der Waals surface area contributed by atoms with Crippen LogP contribution in [0, 0.1) is 0 Å². The number of ether oxygens (including phenoxy) is 1. The topological polar surface area (TPSA) is 63.8 Å². The Bertz CT molecular complexity index is 1040. The van der Waals surface area contributed by atoms with Crippen LogP contribution in [0.25, 0.3) is 11.3 Å². The van der Waals surface area contributed by atoms with Gasteiger partial charge < -0.3 is 9.15 Å². The Hall–Kier alpha value is -1.99. The molecular formula is C19H12BrCl3N2O3. The second kappa shape index (κ2) is 9.47. The van der Waals surface area contributed by atoms with Gasteiger partial charge >= 0.3 is 0 Å². The lowest BCUT2D eigenvalue weighted by Crippen LogP contribution is -2.24. The first-order valence-corrected chi connectivity index (χ1v) is 9.80. The molecule has 0 radical (unpaired) electrons. The van der Waals surface area contributed by atoms with Crippen molar-refractivity contribution in [2.45, 2.75) is 0 Å². The number of hydrogen-bond donors (Lipinski definition) is 1. The lowest BCUT2D eigenvalue weighted by atomic mass is 10.2. The number of hydrogen-bond acceptors (Lipinski definition) is 4. The number of rotatable bonds is 6. The van der Waals surface area contributed by atoms with E-state index in [0.29, 0.717) is 42.4 Å². The van der Waals surface area contributed by atoms with Gasteiger partial charge in [0.1, 0.15) is 17.3 Å². The fourth-order valence-corrected chi connectivity index (χ4v) is 3.39. The monoisotopic (exact) mass is 500 g/mol. The van der Waals surface area contributed by atoms with Crippen LogP contribution in [-0.2, 0) is 4.79 Å². The highest BCUT2D eigenvalue weighted by atomic mass is 79.9. The summed E-state index contributed by atoms with van der Waals surface area (Å²) in [6.45, 7) is -0.209. The molecule has 5 nitrogen and oxygen atoms in total. The van der Waals surface area contributed by atoms with Gasteiger partial charge in [-0.15, -0.1) is 0 Å². The van der Waals surface area contributed by atoms with Gasteiger partial charge in [-0.25, -0.2) is 5.43 Å². The van der Waals surface area contributed by atoms with Gasteiger partial charge in [0.15, 0.2) is 6.61 Å². The molecule has 0 aliphatic heterocycles. The number of furan rings is 1. The van der Waals surface area contributed by atoms with E-state index in [-0.39, 0.29) is 6.61 Å². The molecule has 0 saturated heterocycles. The molecule has 0 aliphatic rings. The molecule has 0 bridgehead atoms. The number of halogens is 4. The number of nitrogens with zero attached hydrogens (tertiary/aromatic N) is 1. The summed E-state index contributed by atoms with van der Waals surface area (Å²) in [6.07, 6.45) is 1.37. The Morgan fingerprint density at radius 3 is 2.79 bits per heavy atom. The van der Waals surface area contributed by atoms with Gasteiger partial charge in [0.25, 0.3) is 5.91 Å². The SMILES string of the molecule is O=C(COc1ccc(Cl)cc1Br)NN=Cc1ccc(-c2cccc(Cl)c2Cl)o1. The summed E-state index contributed by atoms with van der Waals surface area (Å²) in [6, 6.07) is 13.7. The number of nitrogens with one attached hydrogen (secondary N) is 1. The zero-order valence-electron chi connectivity index (χ0n) is 14.1. The van der Waals surface area contributed by atoms with Gasteiger partial charge in [-0.3, -0.25) is 4.79 Å². The Morgan fingerprint density at radius 1 is 1.18 bits per heavy atom. The average molecular weight is 503 g/mol. The van der Waals surface area contributed by atoms with Crippen molar-refractivity contribution in [3.05, 3.63) is 73.8 Å². The van der Waals surface area contributed by atoms with Crippen LogP contribution in [0.2, 0.25) is 15.1 Å². The van der Waals surface area contributed by atoms with E-state index in [9.17, 15) is 4.79 Å². The predicted molar refractivity (Wildman–Crippen MR) is 115 cm³/mol. The summed E-state index contributed by atoms with van der Waals surface area (Å²) in [5, 5.41) is 5.25. The zero-order valence-corrected chi connectivity index (χ0v) is 17.9. The molecule has 1 aromatic heterocycles. The summed E-state index contributed by atoms with van der Waals surface area (Å²) in [5.74, 6) is 1.05. The smallest absolute Gasteiger partial charge is 0.277 e. The van der Waals surface area contributed by atoms with E-state index in [1.807, 2.05) is 0 Å². The first-order chi connectivity index (χ1) is 13.4. The highest BCUT2D eigenvalue weighted by Crippen LogP contribution is 2.34. The van der Waals surface area contributed by atoms with E-state index in [1.54, 1.807) is 48.5 Å². The fourth-order valence-electron chi connectivity index (χ4n) is 2.20. The maximum absolute atomic E-state index is 11.8. The Balaban J connectivity index is 1.55. The van der Waals surface area contributed by atoms with E-state index in [2.05, 4.69) is 26.5 Å². The minimum absolute atomic E-state index is 0.209. The standard InChI is InChI=1S/C19H12BrCl3N2O3/c20-14-8-11(21)4-6-17(14)27-10-18(26)25-24-9-12-5-7-16(28-12)13-2-1-3-15(22)19(13)23/h1-9H,10H2,(H,25,26). The second-order valence-electron chi connectivity index (χ2n) is 5.46. The van der Waals surface area contributed by atoms with E-state index in [1.165, 1.54) is 6.21 Å². The first-order valence-electron chi connectivity index (χ1n) is 7.88. The van der Waals surface area contributed by atoms with Crippen molar-refractivity contribution < 1.29 is 13.9 Å². The summed E-state index contributed by atoms with van der Waals surface area (Å²) in [7, 11) is 0. The van der Waals surface area contributed by atoms with Crippen molar-refractivity contribution in [3.8, 4) is 17.1 Å². The van der Waals surface area contributed by atoms with Crippen molar-refractivity contribution in [3.63, 3.8) is 0 Å². The Labute approximate surface area is 184 Å². The number of amides is 1. The molecule has 0 atom stereocenters. The summed E-state index contributed by atoms with van der Waals surface area (Å²) in [5.41, 5.74) is 3.03. The van der Waals surface area contributed by atoms with Gasteiger partial charge in [-0.2, -0.15) is 5.10 Å². The molecule has 0 aliphatic carbocycles. The fraction of sp³-hybridized carbons (Fsp3) is 0.0526. The molecule has 1 heterocycles. The predicted octanol–water partition coefficient (Wildman–Crippen LogP) is 6.20. The maximum Gasteiger partial charge on any atom is 0.277 e.